The highest BCUT2D eigenvalue weighted by molar-refractivity contribution is 7.33. The van der Waals surface area contributed by atoms with Gasteiger partial charge >= 0.3 is 20.5 Å². The van der Waals surface area contributed by atoms with Crippen LogP contribution in [0, 0.1) is 0 Å². The molecule has 0 heterocycles. The van der Waals surface area contributed by atoms with Crippen LogP contribution in [0.2, 0.25) is 0 Å². The van der Waals surface area contributed by atoms with Gasteiger partial charge in [0.15, 0.2) is 0 Å². The van der Waals surface area contributed by atoms with E-state index in [0.717, 1.165) is 38.5 Å². The number of alkyl halides is 4. The molecule has 0 fully saturated rings. The van der Waals surface area contributed by atoms with Gasteiger partial charge in [-0.2, -0.15) is 17.6 Å². The van der Waals surface area contributed by atoms with E-state index in [1.807, 2.05) is 0 Å². The van der Waals surface area contributed by atoms with E-state index in [0.29, 0.717) is 12.8 Å². The molecule has 0 bridgehead atoms. The van der Waals surface area contributed by atoms with Gasteiger partial charge in [0.2, 0.25) is 0 Å². The first-order valence-corrected chi connectivity index (χ1v) is 16.9. The smallest absolute Gasteiger partial charge is 0.172 e. The van der Waals surface area contributed by atoms with E-state index in [4.69, 9.17) is 0 Å². The minimum Gasteiger partial charge on any atom is -0.172 e. The fraction of sp³-hybridized carbons (Fsp3) is 1.00. The fourth-order valence-corrected chi connectivity index (χ4v) is 5.33. The van der Waals surface area contributed by atoms with E-state index in [-0.39, 0.29) is 12.8 Å². The van der Waals surface area contributed by atoms with Gasteiger partial charge in [0.25, 0.3) is 0 Å². The van der Waals surface area contributed by atoms with Crippen molar-refractivity contribution in [3.63, 3.8) is 0 Å². The van der Waals surface area contributed by atoms with Crippen molar-refractivity contribution in [2.24, 2.45) is 0 Å². The summed E-state index contributed by atoms with van der Waals surface area (Å²) in [5, 5.41) is 0. The van der Waals surface area contributed by atoms with Crippen LogP contribution in [-0.4, -0.2) is 12.2 Å². The molecule has 0 rings (SSSR count). The maximum atomic E-state index is 13.9. The molecule has 0 spiro atoms. The van der Waals surface area contributed by atoms with E-state index in [9.17, 15) is 22.1 Å². The third-order valence-corrected chi connectivity index (χ3v) is 7.89. The Bertz CT molecular complexity index is 492. The summed E-state index contributed by atoms with van der Waals surface area (Å²) in [4.78, 5) is 0. The van der Waals surface area contributed by atoms with Gasteiger partial charge in [-0.1, -0.05) is 155 Å². The van der Waals surface area contributed by atoms with Gasteiger partial charge in [0, 0.05) is 17.4 Å². The molecule has 0 aliphatic carbocycles. The van der Waals surface area contributed by atoms with Crippen molar-refractivity contribution in [2.45, 2.75) is 193 Å². The van der Waals surface area contributed by atoms with Gasteiger partial charge in [-0.05, 0) is 21.9 Å². The summed E-state index contributed by atoms with van der Waals surface area (Å²) < 4.78 is 75.3. The third-order valence-electron chi connectivity index (χ3n) is 7.06. The predicted octanol–water partition coefficient (Wildman–Crippen LogP) is 13.0. The molecule has 0 saturated carbocycles. The summed E-state index contributed by atoms with van der Waals surface area (Å²) in [6.07, 6.45) is 16.5. The Labute approximate surface area is 232 Å². The van der Waals surface area contributed by atoms with Crippen molar-refractivity contribution in [3.8, 4) is 0 Å². The van der Waals surface area contributed by atoms with E-state index in [2.05, 4.69) is 22.9 Å². The molecule has 0 saturated heterocycles. The average molecular weight is 574 g/mol. The highest BCUT2D eigenvalue weighted by Crippen LogP contribution is 2.42. The van der Waals surface area contributed by atoms with Crippen LogP contribution in [0.1, 0.15) is 181 Å². The van der Waals surface area contributed by atoms with E-state index < -0.39 is 33.3 Å². The molecule has 38 heavy (non-hydrogen) atoms. The van der Waals surface area contributed by atoms with Crippen molar-refractivity contribution < 1.29 is 31.2 Å². The molecule has 8 heteroatoms. The van der Waals surface area contributed by atoms with Crippen LogP contribution in [0.5, 0.6) is 0 Å². The lowest BCUT2D eigenvalue weighted by Gasteiger charge is -2.11. The third kappa shape index (κ3) is 27.3. The number of hydrogen-bond acceptors (Lipinski definition) is 3. The Hall–Kier alpha value is -0.260. The molecule has 3 nitrogen and oxygen atoms in total. The van der Waals surface area contributed by atoms with Gasteiger partial charge in [-0.25, -0.2) is 0 Å². The van der Waals surface area contributed by atoms with Gasteiger partial charge in [-0.3, -0.25) is 0 Å². The summed E-state index contributed by atoms with van der Waals surface area (Å²) in [5.74, 6) is 0. The van der Waals surface area contributed by atoms with Crippen molar-refractivity contribution in [1.82, 2.24) is 0 Å². The summed E-state index contributed by atoms with van der Waals surface area (Å²) >= 11 is 0. The van der Waals surface area contributed by atoms with Crippen LogP contribution < -0.4 is 0 Å². The van der Waals surface area contributed by atoms with E-state index >= 15 is 0 Å². The molecule has 0 aliphatic heterocycles. The quantitative estimate of drug-likeness (QED) is 0.0487. The topological polar surface area (TPSA) is 35.5 Å². The van der Waals surface area contributed by atoms with E-state index in [1.165, 1.54) is 89.9 Å². The number of rotatable bonds is 30. The molecule has 0 N–H and O–H groups in total. The van der Waals surface area contributed by atoms with Crippen LogP contribution in [0.3, 0.4) is 0 Å². The number of unbranched alkanes of at least 4 members (excludes halogenated alkanes) is 22. The van der Waals surface area contributed by atoms with Crippen molar-refractivity contribution in [3.05, 3.63) is 0 Å². The van der Waals surface area contributed by atoms with Crippen LogP contribution >= 0.6 is 8.25 Å². The van der Waals surface area contributed by atoms with Crippen molar-refractivity contribution in [2.75, 3.05) is 0 Å². The van der Waals surface area contributed by atoms with Crippen molar-refractivity contribution >= 4 is 8.25 Å². The van der Waals surface area contributed by atoms with Gasteiger partial charge < -0.3 is 0 Å². The maximum Gasteiger partial charge on any atom is 0.709 e. The van der Waals surface area contributed by atoms with Crippen LogP contribution in [0.4, 0.5) is 17.6 Å². The van der Waals surface area contributed by atoms with Crippen molar-refractivity contribution in [1.29, 1.82) is 0 Å². The van der Waals surface area contributed by atoms with Crippen LogP contribution in [0.25, 0.3) is 0 Å². The minimum atomic E-state index is -3.72. The highest BCUT2D eigenvalue weighted by Gasteiger charge is 2.49. The molecule has 0 aromatic carbocycles. The minimum absolute atomic E-state index is 0.197. The predicted molar refractivity (Wildman–Crippen MR) is 151 cm³/mol. The SMILES string of the molecule is CCCCCCCCCCCCCCC(F)(F)O[P+](=O)OC(F)(F)CCCCCCCCCCCCCC. The first-order chi connectivity index (χ1) is 18.2. The summed E-state index contributed by atoms with van der Waals surface area (Å²) in [7, 11) is -3.59. The molecule has 0 unspecified atom stereocenters. The number of halogens is 4. The summed E-state index contributed by atoms with van der Waals surface area (Å²) in [6.45, 7) is 4.41. The van der Waals surface area contributed by atoms with Crippen LogP contribution in [0.15, 0.2) is 0 Å². The molecule has 228 valence electrons. The second kappa shape index (κ2) is 25.7. The summed E-state index contributed by atoms with van der Waals surface area (Å²) in [6, 6.07) is 0. The average Bonchev–Trinajstić information content (AvgIpc) is 2.84. The molecule has 0 aliphatic rings. The molecule has 0 amide bonds. The molecule has 0 atom stereocenters. The largest absolute Gasteiger partial charge is 0.709 e. The molecular formula is C30H58F4O3P+. The van der Waals surface area contributed by atoms with Gasteiger partial charge in [0.1, 0.15) is 0 Å². The maximum absolute atomic E-state index is 13.9. The highest BCUT2D eigenvalue weighted by atomic mass is 31.1. The first-order valence-electron chi connectivity index (χ1n) is 15.8. The fourth-order valence-electron chi connectivity index (χ4n) is 4.67. The molecule has 0 aromatic rings. The lowest BCUT2D eigenvalue weighted by Crippen LogP contribution is -2.21. The second-order valence-electron chi connectivity index (χ2n) is 11.0. The molecule has 0 aromatic heterocycles. The Balaban J connectivity index is 3.72. The van der Waals surface area contributed by atoms with Gasteiger partial charge in [-0.15, -0.1) is 0 Å². The summed E-state index contributed by atoms with van der Waals surface area (Å²) in [5.41, 5.74) is 0. The molecular weight excluding hydrogens is 515 g/mol. The Morgan fingerprint density at radius 1 is 0.421 bits per heavy atom. The lowest BCUT2D eigenvalue weighted by atomic mass is 10.0. The zero-order valence-electron chi connectivity index (χ0n) is 24.6. The number of hydrogen-bond donors (Lipinski definition) is 0. The Kier molecular flexibility index (Phi) is 25.5. The lowest BCUT2D eigenvalue weighted by molar-refractivity contribution is -0.215. The van der Waals surface area contributed by atoms with Gasteiger partial charge in [0.05, 0.1) is 0 Å². The standard InChI is InChI=1S/C30H58F4O3P/c1-3-5-7-9-11-13-15-17-19-21-23-25-27-29(31,32)36-38(35)37-30(33,34)28-26-24-22-20-18-16-14-12-10-8-6-4-2/h3-28H2,1-2H3/q+1. The second-order valence-corrected chi connectivity index (χ2v) is 11.8. The van der Waals surface area contributed by atoms with Crippen LogP contribution in [-0.2, 0) is 13.6 Å². The zero-order valence-corrected chi connectivity index (χ0v) is 25.5. The Morgan fingerprint density at radius 2 is 0.632 bits per heavy atom. The Morgan fingerprint density at radius 3 is 0.868 bits per heavy atom. The zero-order chi connectivity index (χ0) is 28.4. The molecule has 0 radical (unpaired) electrons. The monoisotopic (exact) mass is 573 g/mol. The van der Waals surface area contributed by atoms with E-state index in [1.54, 1.807) is 0 Å². The normalized spacial score (nSPS) is 12.4. The first kappa shape index (κ1) is 37.7.